The van der Waals surface area contributed by atoms with Crippen LogP contribution < -0.4 is 14.5 Å². The fraction of sp³-hybridized carbons (Fsp3) is 0.292. The van der Waals surface area contributed by atoms with Crippen molar-refractivity contribution >= 4 is 46.3 Å². The molecule has 1 aromatic carbocycles. The number of amides is 2. The monoisotopic (exact) mass is 500 g/mol. The number of pyridine rings is 1. The number of hydrogen-bond acceptors (Lipinski definition) is 6. The first-order chi connectivity index (χ1) is 16.3. The van der Waals surface area contributed by atoms with Gasteiger partial charge < -0.3 is 24.5 Å². The van der Waals surface area contributed by atoms with Crippen molar-refractivity contribution in [2.45, 2.75) is 12.5 Å². The van der Waals surface area contributed by atoms with Crippen LogP contribution in [0.4, 0.5) is 16.2 Å². The minimum absolute atomic E-state index is 0.154. The van der Waals surface area contributed by atoms with Crippen LogP contribution in [0.15, 0.2) is 54.0 Å². The lowest BCUT2D eigenvalue weighted by Gasteiger charge is -2.24. The number of carboxylic acid groups (broad SMARTS) is 1. The molecule has 2 aromatic heterocycles. The van der Waals surface area contributed by atoms with Crippen LogP contribution in [0.1, 0.15) is 27.8 Å². The summed E-state index contributed by atoms with van der Waals surface area (Å²) in [6, 6.07) is 13.0. The molecule has 2 amide bonds. The lowest BCUT2D eigenvalue weighted by Crippen LogP contribution is -2.33. The predicted molar refractivity (Wildman–Crippen MR) is 134 cm³/mol. The largest absolute Gasteiger partial charge is 0.485 e. The SMILES string of the molecule is CN(CCC(Oc1cccc(N2CCN(C)c3cc(Cl)ncc3C2=O)c1)c1cccs1)C(=O)O. The van der Waals surface area contributed by atoms with E-state index in [2.05, 4.69) is 4.98 Å². The van der Waals surface area contributed by atoms with Gasteiger partial charge in [0.25, 0.3) is 5.91 Å². The second-order valence-corrected chi connectivity index (χ2v) is 9.38. The number of likely N-dealkylation sites (N-methyl/N-ethyl adjacent to an activating group) is 1. The summed E-state index contributed by atoms with van der Waals surface area (Å²) >= 11 is 7.62. The van der Waals surface area contributed by atoms with Crippen LogP contribution in [0.5, 0.6) is 5.75 Å². The van der Waals surface area contributed by atoms with Crippen LogP contribution >= 0.6 is 22.9 Å². The zero-order chi connectivity index (χ0) is 24.2. The van der Waals surface area contributed by atoms with Crippen molar-refractivity contribution < 1.29 is 19.4 Å². The Kier molecular flexibility index (Phi) is 7.23. The molecule has 0 aliphatic carbocycles. The molecule has 0 saturated carbocycles. The number of carbonyl (C=O) groups is 2. The number of hydrogen-bond donors (Lipinski definition) is 1. The van der Waals surface area contributed by atoms with Crippen molar-refractivity contribution in [2.75, 3.05) is 43.5 Å². The second kappa shape index (κ2) is 10.3. The van der Waals surface area contributed by atoms with Crippen molar-refractivity contribution in [1.29, 1.82) is 0 Å². The third kappa shape index (κ3) is 5.26. The summed E-state index contributed by atoms with van der Waals surface area (Å²) in [5.41, 5.74) is 1.95. The Morgan fingerprint density at radius 1 is 1.29 bits per heavy atom. The molecule has 0 fully saturated rings. The molecule has 0 saturated heterocycles. The number of anilines is 2. The Morgan fingerprint density at radius 3 is 2.85 bits per heavy atom. The molecule has 10 heteroatoms. The van der Waals surface area contributed by atoms with Crippen LogP contribution in [-0.4, -0.2) is 60.7 Å². The Morgan fingerprint density at radius 2 is 2.12 bits per heavy atom. The van der Waals surface area contributed by atoms with Gasteiger partial charge in [0.2, 0.25) is 0 Å². The summed E-state index contributed by atoms with van der Waals surface area (Å²) in [5.74, 6) is 0.451. The van der Waals surface area contributed by atoms with E-state index in [0.717, 1.165) is 10.6 Å². The van der Waals surface area contributed by atoms with Gasteiger partial charge in [0.15, 0.2) is 0 Å². The van der Waals surface area contributed by atoms with Crippen LogP contribution in [0.2, 0.25) is 5.15 Å². The topological polar surface area (TPSA) is 86.2 Å². The summed E-state index contributed by atoms with van der Waals surface area (Å²) in [6.07, 6.45) is 0.726. The van der Waals surface area contributed by atoms with Crippen LogP contribution in [0, 0.1) is 0 Å². The number of aromatic nitrogens is 1. The van der Waals surface area contributed by atoms with Gasteiger partial charge in [0.05, 0.1) is 11.3 Å². The van der Waals surface area contributed by atoms with Gasteiger partial charge in [-0.15, -0.1) is 11.3 Å². The number of halogens is 1. The van der Waals surface area contributed by atoms with Crippen molar-refractivity contribution in [3.05, 3.63) is 69.6 Å². The van der Waals surface area contributed by atoms with E-state index in [4.69, 9.17) is 16.3 Å². The third-order valence-corrected chi connectivity index (χ3v) is 6.89. The quantitative estimate of drug-likeness (QED) is 0.459. The first kappa shape index (κ1) is 23.8. The standard InChI is InChI=1S/C24H25ClN4O4S/c1-27-10-11-29(23(30)18-15-26-22(25)14-19(18)27)16-5-3-6-17(13-16)33-20(21-7-4-12-34-21)8-9-28(2)24(31)32/h3-7,12-15,20H,8-11H2,1-2H3,(H,31,32). The van der Waals surface area contributed by atoms with E-state index in [9.17, 15) is 14.7 Å². The molecule has 0 bridgehead atoms. The Balaban J connectivity index is 1.57. The molecular formula is C24H25ClN4O4S. The summed E-state index contributed by atoms with van der Waals surface area (Å²) in [5, 5.41) is 11.5. The van der Waals surface area contributed by atoms with Gasteiger partial charge in [-0.05, 0) is 29.6 Å². The zero-order valence-corrected chi connectivity index (χ0v) is 20.4. The van der Waals surface area contributed by atoms with Gasteiger partial charge in [0, 0.05) is 63.0 Å². The van der Waals surface area contributed by atoms with E-state index in [-0.39, 0.29) is 12.0 Å². The average Bonchev–Trinajstić information content (AvgIpc) is 3.32. The van der Waals surface area contributed by atoms with Crippen molar-refractivity contribution in [3.63, 3.8) is 0 Å². The van der Waals surface area contributed by atoms with Gasteiger partial charge in [-0.25, -0.2) is 9.78 Å². The number of nitrogens with zero attached hydrogens (tertiary/aromatic N) is 4. The number of carbonyl (C=O) groups excluding carboxylic acids is 1. The number of thiophene rings is 1. The predicted octanol–water partition coefficient (Wildman–Crippen LogP) is 5.01. The zero-order valence-electron chi connectivity index (χ0n) is 18.8. The van der Waals surface area contributed by atoms with Gasteiger partial charge in [-0.3, -0.25) is 4.79 Å². The minimum atomic E-state index is -0.979. The number of ether oxygens (including phenoxy) is 1. The highest BCUT2D eigenvalue weighted by Gasteiger charge is 2.27. The molecule has 0 radical (unpaired) electrons. The number of benzene rings is 1. The minimum Gasteiger partial charge on any atom is -0.485 e. The Labute approximate surface area is 206 Å². The summed E-state index contributed by atoms with van der Waals surface area (Å²) in [6.45, 7) is 1.45. The highest BCUT2D eigenvalue weighted by Crippen LogP contribution is 2.33. The molecule has 178 valence electrons. The highest BCUT2D eigenvalue weighted by molar-refractivity contribution is 7.10. The van der Waals surface area contributed by atoms with Gasteiger partial charge in [0.1, 0.15) is 17.0 Å². The summed E-state index contributed by atoms with van der Waals surface area (Å²) in [7, 11) is 3.46. The fourth-order valence-corrected chi connectivity index (χ4v) is 4.74. The first-order valence-corrected chi connectivity index (χ1v) is 12.0. The number of fused-ring (bicyclic) bond motifs is 1. The van der Waals surface area contributed by atoms with Crippen LogP contribution in [0.3, 0.4) is 0 Å². The van der Waals surface area contributed by atoms with E-state index in [1.165, 1.54) is 18.1 Å². The van der Waals surface area contributed by atoms with E-state index < -0.39 is 6.09 Å². The Hall–Kier alpha value is -3.30. The second-order valence-electron chi connectivity index (χ2n) is 8.01. The van der Waals surface area contributed by atoms with E-state index in [0.29, 0.717) is 48.2 Å². The first-order valence-electron chi connectivity index (χ1n) is 10.8. The number of rotatable bonds is 7. The third-order valence-electron chi connectivity index (χ3n) is 5.72. The molecule has 1 unspecified atom stereocenters. The fourth-order valence-electron chi connectivity index (χ4n) is 3.79. The van der Waals surface area contributed by atoms with E-state index in [1.807, 2.05) is 53.7 Å². The van der Waals surface area contributed by atoms with Crippen molar-refractivity contribution in [2.24, 2.45) is 0 Å². The van der Waals surface area contributed by atoms with Crippen LogP contribution in [0.25, 0.3) is 0 Å². The summed E-state index contributed by atoms with van der Waals surface area (Å²) in [4.78, 5) is 34.6. The molecule has 0 spiro atoms. The van der Waals surface area contributed by atoms with Crippen molar-refractivity contribution in [3.8, 4) is 5.75 Å². The average molecular weight is 501 g/mol. The van der Waals surface area contributed by atoms with Gasteiger partial charge in [-0.2, -0.15) is 0 Å². The summed E-state index contributed by atoms with van der Waals surface area (Å²) < 4.78 is 6.31. The van der Waals surface area contributed by atoms with E-state index >= 15 is 0 Å². The van der Waals surface area contributed by atoms with Gasteiger partial charge in [-0.1, -0.05) is 23.7 Å². The molecule has 1 aliphatic rings. The molecular weight excluding hydrogens is 476 g/mol. The lowest BCUT2D eigenvalue weighted by atomic mass is 10.2. The van der Waals surface area contributed by atoms with Crippen LogP contribution in [-0.2, 0) is 0 Å². The molecule has 1 N–H and O–H groups in total. The highest BCUT2D eigenvalue weighted by atomic mass is 35.5. The smallest absolute Gasteiger partial charge is 0.407 e. The maximum absolute atomic E-state index is 13.4. The lowest BCUT2D eigenvalue weighted by molar-refractivity contribution is 0.0989. The molecule has 8 nitrogen and oxygen atoms in total. The molecule has 3 aromatic rings. The normalized spacial score (nSPS) is 14.4. The van der Waals surface area contributed by atoms with Gasteiger partial charge >= 0.3 is 6.09 Å². The molecule has 3 heterocycles. The maximum atomic E-state index is 13.4. The molecule has 1 atom stereocenters. The maximum Gasteiger partial charge on any atom is 0.407 e. The molecule has 4 rings (SSSR count). The van der Waals surface area contributed by atoms with E-state index in [1.54, 1.807) is 22.3 Å². The molecule has 1 aliphatic heterocycles. The Bertz CT molecular complexity index is 1170. The molecule has 34 heavy (non-hydrogen) atoms. The van der Waals surface area contributed by atoms with Crippen molar-refractivity contribution in [1.82, 2.24) is 9.88 Å².